The van der Waals surface area contributed by atoms with Crippen LogP contribution >= 0.6 is 0 Å². The van der Waals surface area contributed by atoms with Crippen molar-refractivity contribution < 1.29 is 4.79 Å². The zero-order valence-electron chi connectivity index (χ0n) is 19.8. The third-order valence-corrected chi connectivity index (χ3v) is 6.49. The van der Waals surface area contributed by atoms with E-state index >= 15 is 0 Å². The average molecular weight is 456 g/mol. The fourth-order valence-corrected chi connectivity index (χ4v) is 4.40. The summed E-state index contributed by atoms with van der Waals surface area (Å²) in [4.78, 5) is 35.8. The summed E-state index contributed by atoms with van der Waals surface area (Å²) in [7, 11) is 1.94. The molecule has 4 aromatic rings. The van der Waals surface area contributed by atoms with Crippen LogP contribution in [-0.4, -0.2) is 67.4 Å². The van der Waals surface area contributed by atoms with Gasteiger partial charge in [0.25, 0.3) is 0 Å². The first-order valence-electron chi connectivity index (χ1n) is 11.7. The lowest BCUT2D eigenvalue weighted by Crippen LogP contribution is -2.49. The van der Waals surface area contributed by atoms with Crippen LogP contribution in [0.3, 0.4) is 0 Å². The van der Waals surface area contributed by atoms with Crippen molar-refractivity contribution in [3.8, 4) is 11.4 Å². The van der Waals surface area contributed by atoms with E-state index < -0.39 is 0 Å². The molecular weight excluding hydrogens is 426 g/mol. The largest absolute Gasteiger partial charge is 0.354 e. The van der Waals surface area contributed by atoms with Gasteiger partial charge in [0.15, 0.2) is 5.78 Å². The van der Waals surface area contributed by atoms with Gasteiger partial charge in [0.2, 0.25) is 0 Å². The summed E-state index contributed by atoms with van der Waals surface area (Å²) >= 11 is 0. The maximum Gasteiger partial charge on any atom is 0.169 e. The van der Waals surface area contributed by atoms with Gasteiger partial charge in [-0.05, 0) is 44.2 Å². The molecule has 0 aromatic carbocycles. The number of rotatable bonds is 6. The molecule has 0 bridgehead atoms. The van der Waals surface area contributed by atoms with Crippen molar-refractivity contribution in [2.24, 2.45) is 7.05 Å². The monoisotopic (exact) mass is 455 g/mol. The number of hydrogen-bond acceptors (Lipinski definition) is 7. The number of carbonyl (C=O) groups excluding carboxylic acids is 1. The first-order chi connectivity index (χ1) is 16.5. The summed E-state index contributed by atoms with van der Waals surface area (Å²) in [5.74, 6) is 0.891. The highest BCUT2D eigenvalue weighted by Gasteiger charge is 2.20. The minimum Gasteiger partial charge on any atom is -0.354 e. The summed E-state index contributed by atoms with van der Waals surface area (Å²) in [5, 5.41) is 0.939. The van der Waals surface area contributed by atoms with Crippen molar-refractivity contribution in [2.45, 2.75) is 26.3 Å². The Kier molecular flexibility index (Phi) is 6.06. The van der Waals surface area contributed by atoms with E-state index in [-0.39, 0.29) is 12.2 Å². The summed E-state index contributed by atoms with van der Waals surface area (Å²) < 4.78 is 1.93. The molecule has 8 heteroatoms. The van der Waals surface area contributed by atoms with E-state index in [1.165, 1.54) is 0 Å². The van der Waals surface area contributed by atoms with Gasteiger partial charge in [-0.1, -0.05) is 0 Å². The van der Waals surface area contributed by atoms with E-state index in [1.807, 2.05) is 35.9 Å². The number of nitrogens with zero attached hydrogens (tertiary/aromatic N) is 7. The number of imidazole rings is 1. The molecule has 1 saturated heterocycles. The number of Topliss-reactive ketones (excluding diaryl/α,β-unsaturated/α-hetero) is 1. The Morgan fingerprint density at radius 3 is 2.59 bits per heavy atom. The zero-order chi connectivity index (χ0) is 23.7. The third kappa shape index (κ3) is 4.54. The summed E-state index contributed by atoms with van der Waals surface area (Å²) in [6.45, 7) is 8.30. The molecule has 0 amide bonds. The number of aromatic nitrogens is 5. The number of anilines is 1. The van der Waals surface area contributed by atoms with Gasteiger partial charge in [0, 0.05) is 62.6 Å². The number of carbonyl (C=O) groups is 1. The Balaban J connectivity index is 1.32. The van der Waals surface area contributed by atoms with E-state index in [4.69, 9.17) is 4.98 Å². The summed E-state index contributed by atoms with van der Waals surface area (Å²) in [5.41, 5.74) is 3.96. The molecule has 0 saturated carbocycles. The molecule has 4 aromatic heterocycles. The quantitative estimate of drug-likeness (QED) is 0.412. The number of aryl methyl sites for hydroxylation is 1. The average Bonchev–Trinajstić information content (AvgIpc) is 3.29. The van der Waals surface area contributed by atoms with Crippen LogP contribution in [0.15, 0.2) is 55.2 Å². The smallest absolute Gasteiger partial charge is 0.169 e. The van der Waals surface area contributed by atoms with Gasteiger partial charge in [-0.25, -0.2) is 15.0 Å². The summed E-state index contributed by atoms with van der Waals surface area (Å²) in [6, 6.07) is 10.1. The topological polar surface area (TPSA) is 80.0 Å². The molecule has 5 rings (SSSR count). The molecule has 0 N–H and O–H groups in total. The van der Waals surface area contributed by atoms with Gasteiger partial charge >= 0.3 is 0 Å². The van der Waals surface area contributed by atoms with Gasteiger partial charge < -0.3 is 9.47 Å². The lowest BCUT2D eigenvalue weighted by molar-refractivity contribution is 0.0992. The Morgan fingerprint density at radius 1 is 1.03 bits per heavy atom. The first kappa shape index (κ1) is 22.2. The maximum atomic E-state index is 13.1. The second-order valence-corrected chi connectivity index (χ2v) is 9.07. The van der Waals surface area contributed by atoms with Crippen LogP contribution in [0.4, 0.5) is 5.82 Å². The van der Waals surface area contributed by atoms with Crippen LogP contribution in [0.1, 0.15) is 29.9 Å². The first-order valence-corrected chi connectivity index (χ1v) is 11.7. The molecule has 174 valence electrons. The van der Waals surface area contributed by atoms with E-state index in [1.54, 1.807) is 31.0 Å². The predicted octanol–water partition coefficient (Wildman–Crippen LogP) is 3.38. The molecular formula is C26H29N7O. The third-order valence-electron chi connectivity index (χ3n) is 6.49. The van der Waals surface area contributed by atoms with Crippen molar-refractivity contribution in [2.75, 3.05) is 31.1 Å². The van der Waals surface area contributed by atoms with Crippen LogP contribution in [0.5, 0.6) is 0 Å². The maximum absolute atomic E-state index is 13.1. The Bertz CT molecular complexity index is 1320. The van der Waals surface area contributed by atoms with Gasteiger partial charge in [0.1, 0.15) is 5.82 Å². The highest BCUT2D eigenvalue weighted by atomic mass is 16.1. The van der Waals surface area contributed by atoms with E-state index in [2.05, 4.69) is 38.6 Å². The van der Waals surface area contributed by atoms with Gasteiger partial charge in [-0.2, -0.15) is 0 Å². The van der Waals surface area contributed by atoms with Crippen molar-refractivity contribution in [1.82, 2.24) is 29.4 Å². The molecule has 0 atom stereocenters. The molecule has 0 unspecified atom stereocenters. The normalized spacial score (nSPS) is 14.8. The molecule has 1 aliphatic rings. The molecule has 1 aliphatic heterocycles. The second kappa shape index (κ2) is 9.30. The summed E-state index contributed by atoms with van der Waals surface area (Å²) in [6.07, 6.45) is 7.28. The van der Waals surface area contributed by atoms with Crippen LogP contribution in [0.25, 0.3) is 22.3 Å². The number of hydrogen-bond donors (Lipinski definition) is 0. The number of pyridine rings is 3. The predicted molar refractivity (Wildman–Crippen MR) is 133 cm³/mol. The minimum atomic E-state index is 0.0269. The van der Waals surface area contributed by atoms with E-state index in [0.29, 0.717) is 17.3 Å². The second-order valence-electron chi connectivity index (χ2n) is 9.07. The van der Waals surface area contributed by atoms with Crippen LogP contribution in [-0.2, 0) is 13.5 Å². The fraction of sp³-hybridized carbons (Fsp3) is 0.346. The molecule has 34 heavy (non-hydrogen) atoms. The standard InChI is InChI=1S/C26H29N7O/c1-18(2)32-8-10-33(11-9-32)26-12-19(6-7-28-26)25(34)14-21-13-23-20(15-29-21)4-5-22(30-23)24-16-27-17-31(24)3/h4-7,12-13,15-18H,8-11,14H2,1-3H3. The van der Waals surface area contributed by atoms with Crippen molar-refractivity contribution >= 4 is 22.5 Å². The lowest BCUT2D eigenvalue weighted by Gasteiger charge is -2.37. The van der Waals surface area contributed by atoms with E-state index in [0.717, 1.165) is 54.3 Å². The fourth-order valence-electron chi connectivity index (χ4n) is 4.40. The molecule has 8 nitrogen and oxygen atoms in total. The Morgan fingerprint density at radius 2 is 1.85 bits per heavy atom. The number of ketones is 1. The molecule has 0 radical (unpaired) electrons. The van der Waals surface area contributed by atoms with Crippen molar-refractivity contribution in [3.63, 3.8) is 0 Å². The van der Waals surface area contributed by atoms with Crippen LogP contribution < -0.4 is 4.90 Å². The molecule has 5 heterocycles. The van der Waals surface area contributed by atoms with E-state index in [9.17, 15) is 4.79 Å². The Labute approximate surface area is 199 Å². The zero-order valence-corrected chi connectivity index (χ0v) is 19.8. The lowest BCUT2D eigenvalue weighted by atomic mass is 10.1. The van der Waals surface area contributed by atoms with Gasteiger partial charge in [-0.15, -0.1) is 0 Å². The number of piperazine rings is 1. The molecule has 0 aliphatic carbocycles. The SMILES string of the molecule is CC(C)N1CCN(c2cc(C(=O)Cc3cc4nc(-c5cncn5C)ccc4cn3)ccn2)CC1. The van der Waals surface area contributed by atoms with Crippen molar-refractivity contribution in [3.05, 3.63) is 66.5 Å². The molecule has 0 spiro atoms. The Hall–Kier alpha value is -3.65. The van der Waals surface area contributed by atoms with Crippen LogP contribution in [0.2, 0.25) is 0 Å². The molecule has 1 fully saturated rings. The highest BCUT2D eigenvalue weighted by molar-refractivity contribution is 5.98. The van der Waals surface area contributed by atoms with Gasteiger partial charge in [-0.3, -0.25) is 14.7 Å². The van der Waals surface area contributed by atoms with Crippen LogP contribution in [0, 0.1) is 0 Å². The number of fused-ring (bicyclic) bond motifs is 1. The minimum absolute atomic E-state index is 0.0269. The van der Waals surface area contributed by atoms with Crippen molar-refractivity contribution in [1.29, 1.82) is 0 Å². The van der Waals surface area contributed by atoms with Gasteiger partial charge in [0.05, 0.1) is 41.5 Å². The highest BCUT2D eigenvalue weighted by Crippen LogP contribution is 2.21.